The predicted octanol–water partition coefficient (Wildman–Crippen LogP) is 6.07. The Balaban J connectivity index is 2.17. The number of phenolic OH excluding ortho intramolecular Hbond substituents is 1. The van der Waals surface area contributed by atoms with Crippen molar-refractivity contribution in [2.24, 2.45) is 0 Å². The van der Waals surface area contributed by atoms with Crippen LogP contribution in [0, 0.1) is 0 Å². The Hall–Kier alpha value is -1.90. The van der Waals surface area contributed by atoms with Crippen LogP contribution in [0.25, 0.3) is 10.8 Å². The summed E-state index contributed by atoms with van der Waals surface area (Å²) >= 11 is 0. The van der Waals surface area contributed by atoms with E-state index < -0.39 is 0 Å². The molecule has 0 aliphatic heterocycles. The Morgan fingerprint density at radius 3 is 2.17 bits per heavy atom. The first-order valence-electron chi connectivity index (χ1n) is 9.28. The van der Waals surface area contributed by atoms with Crippen molar-refractivity contribution in [1.29, 1.82) is 0 Å². The van der Waals surface area contributed by atoms with Gasteiger partial charge in [-0.1, -0.05) is 70.2 Å². The first-order valence-corrected chi connectivity index (χ1v) is 9.28. The number of benzene rings is 2. The Morgan fingerprint density at radius 1 is 0.792 bits per heavy atom. The molecule has 24 heavy (non-hydrogen) atoms. The number of fused-ring (bicyclic) bond motifs is 1. The molecule has 0 radical (unpaired) electrons. The third-order valence-corrected chi connectivity index (χ3v) is 4.19. The minimum absolute atomic E-state index is 0.245. The zero-order chi connectivity index (χ0) is 17.2. The SMILES string of the molecule is CCCCCCOc1c(OCCCCC)cc(O)c2ccccc12. The van der Waals surface area contributed by atoms with E-state index in [1.807, 2.05) is 24.3 Å². The molecule has 2 aromatic rings. The molecule has 0 aromatic heterocycles. The molecule has 3 nitrogen and oxygen atoms in total. The van der Waals surface area contributed by atoms with Crippen LogP contribution in [-0.2, 0) is 0 Å². The number of hydrogen-bond donors (Lipinski definition) is 1. The minimum atomic E-state index is 0.245. The summed E-state index contributed by atoms with van der Waals surface area (Å²) in [5.41, 5.74) is 0. The van der Waals surface area contributed by atoms with E-state index in [4.69, 9.17) is 9.47 Å². The van der Waals surface area contributed by atoms with Crippen LogP contribution in [0.15, 0.2) is 30.3 Å². The van der Waals surface area contributed by atoms with Gasteiger partial charge in [-0.25, -0.2) is 0 Å². The fourth-order valence-corrected chi connectivity index (χ4v) is 2.80. The highest BCUT2D eigenvalue weighted by Crippen LogP contribution is 2.41. The normalized spacial score (nSPS) is 10.9. The van der Waals surface area contributed by atoms with E-state index in [0.717, 1.165) is 42.2 Å². The summed E-state index contributed by atoms with van der Waals surface area (Å²) in [5, 5.41) is 12.0. The lowest BCUT2D eigenvalue weighted by Gasteiger charge is -2.16. The van der Waals surface area contributed by atoms with Crippen molar-refractivity contribution in [2.75, 3.05) is 13.2 Å². The van der Waals surface area contributed by atoms with E-state index in [2.05, 4.69) is 13.8 Å². The van der Waals surface area contributed by atoms with Crippen LogP contribution in [0.5, 0.6) is 17.2 Å². The Bertz CT molecular complexity index is 622. The summed E-state index contributed by atoms with van der Waals surface area (Å²) in [4.78, 5) is 0. The molecule has 0 aliphatic rings. The Kier molecular flexibility index (Phi) is 7.73. The Labute approximate surface area is 145 Å². The summed E-state index contributed by atoms with van der Waals surface area (Å²) in [5.74, 6) is 1.66. The van der Waals surface area contributed by atoms with Gasteiger partial charge >= 0.3 is 0 Å². The molecule has 0 bridgehead atoms. The quantitative estimate of drug-likeness (QED) is 0.508. The van der Waals surface area contributed by atoms with Gasteiger partial charge in [0.1, 0.15) is 5.75 Å². The van der Waals surface area contributed by atoms with Crippen LogP contribution >= 0.6 is 0 Å². The standard InChI is InChI=1S/C21H30O3/c1-3-5-7-11-15-24-21-18-13-9-8-12-17(18)19(22)16-20(21)23-14-10-6-4-2/h8-9,12-13,16,22H,3-7,10-11,14-15H2,1-2H3. The minimum Gasteiger partial charge on any atom is -0.507 e. The van der Waals surface area contributed by atoms with Gasteiger partial charge < -0.3 is 14.6 Å². The second-order valence-electron chi connectivity index (χ2n) is 6.23. The molecular weight excluding hydrogens is 300 g/mol. The van der Waals surface area contributed by atoms with E-state index in [-0.39, 0.29) is 5.75 Å². The summed E-state index contributed by atoms with van der Waals surface area (Å²) in [6.07, 6.45) is 7.99. The molecule has 0 saturated carbocycles. The van der Waals surface area contributed by atoms with Crippen molar-refractivity contribution in [1.82, 2.24) is 0 Å². The van der Waals surface area contributed by atoms with Gasteiger partial charge in [0.25, 0.3) is 0 Å². The number of hydrogen-bond acceptors (Lipinski definition) is 3. The second kappa shape index (κ2) is 10.1. The average Bonchev–Trinajstić information content (AvgIpc) is 2.60. The first kappa shape index (κ1) is 18.4. The van der Waals surface area contributed by atoms with E-state index >= 15 is 0 Å². The zero-order valence-corrected chi connectivity index (χ0v) is 15.0. The van der Waals surface area contributed by atoms with Crippen LogP contribution < -0.4 is 9.47 Å². The van der Waals surface area contributed by atoms with Gasteiger partial charge in [0.2, 0.25) is 0 Å². The van der Waals surface area contributed by atoms with Gasteiger partial charge in [0, 0.05) is 16.8 Å². The molecule has 0 spiro atoms. The summed E-state index contributed by atoms with van der Waals surface area (Å²) in [6, 6.07) is 9.47. The van der Waals surface area contributed by atoms with Crippen LogP contribution in [-0.4, -0.2) is 18.3 Å². The molecule has 132 valence electrons. The van der Waals surface area contributed by atoms with E-state index in [1.165, 1.54) is 19.3 Å². The van der Waals surface area contributed by atoms with Crippen LogP contribution in [0.4, 0.5) is 0 Å². The van der Waals surface area contributed by atoms with Crippen molar-refractivity contribution < 1.29 is 14.6 Å². The molecule has 0 unspecified atom stereocenters. The maximum atomic E-state index is 10.3. The fraction of sp³-hybridized carbons (Fsp3) is 0.524. The fourth-order valence-electron chi connectivity index (χ4n) is 2.80. The average molecular weight is 330 g/mol. The van der Waals surface area contributed by atoms with Crippen molar-refractivity contribution in [3.63, 3.8) is 0 Å². The molecule has 3 heteroatoms. The topological polar surface area (TPSA) is 38.7 Å². The maximum Gasteiger partial charge on any atom is 0.169 e. The third kappa shape index (κ3) is 5.05. The van der Waals surface area contributed by atoms with Gasteiger partial charge in [-0.05, 0) is 12.8 Å². The highest BCUT2D eigenvalue weighted by atomic mass is 16.5. The zero-order valence-electron chi connectivity index (χ0n) is 15.0. The van der Waals surface area contributed by atoms with Gasteiger partial charge in [0.15, 0.2) is 11.5 Å². The third-order valence-electron chi connectivity index (χ3n) is 4.19. The smallest absolute Gasteiger partial charge is 0.169 e. The van der Waals surface area contributed by atoms with Crippen molar-refractivity contribution in [3.05, 3.63) is 30.3 Å². The predicted molar refractivity (Wildman–Crippen MR) is 100 cm³/mol. The highest BCUT2D eigenvalue weighted by molar-refractivity contribution is 5.95. The summed E-state index contributed by atoms with van der Waals surface area (Å²) in [6.45, 7) is 5.71. The first-order chi connectivity index (χ1) is 11.8. The highest BCUT2D eigenvalue weighted by Gasteiger charge is 2.14. The molecule has 0 saturated heterocycles. The largest absolute Gasteiger partial charge is 0.507 e. The lowest BCUT2D eigenvalue weighted by molar-refractivity contribution is 0.261. The number of rotatable bonds is 11. The second-order valence-corrected chi connectivity index (χ2v) is 6.23. The van der Waals surface area contributed by atoms with E-state index in [0.29, 0.717) is 19.0 Å². The van der Waals surface area contributed by atoms with Gasteiger partial charge in [-0.2, -0.15) is 0 Å². The molecular formula is C21H30O3. The molecule has 0 heterocycles. The van der Waals surface area contributed by atoms with Crippen molar-refractivity contribution >= 4 is 10.8 Å². The van der Waals surface area contributed by atoms with Crippen molar-refractivity contribution in [3.8, 4) is 17.2 Å². The molecule has 0 aliphatic carbocycles. The van der Waals surface area contributed by atoms with Crippen LogP contribution in [0.1, 0.15) is 58.8 Å². The monoisotopic (exact) mass is 330 g/mol. The maximum absolute atomic E-state index is 10.3. The molecule has 1 N–H and O–H groups in total. The lowest BCUT2D eigenvalue weighted by Crippen LogP contribution is -2.03. The van der Waals surface area contributed by atoms with Crippen LogP contribution in [0.2, 0.25) is 0 Å². The molecule has 2 aromatic carbocycles. The van der Waals surface area contributed by atoms with Crippen molar-refractivity contribution in [2.45, 2.75) is 58.8 Å². The molecule has 0 amide bonds. The number of ether oxygens (including phenoxy) is 2. The number of unbranched alkanes of at least 4 members (excludes halogenated alkanes) is 5. The molecule has 0 fully saturated rings. The van der Waals surface area contributed by atoms with Gasteiger partial charge in [-0.3, -0.25) is 0 Å². The van der Waals surface area contributed by atoms with Gasteiger partial charge in [-0.15, -0.1) is 0 Å². The number of phenols is 1. The van der Waals surface area contributed by atoms with Gasteiger partial charge in [0.05, 0.1) is 13.2 Å². The molecule has 2 rings (SSSR count). The van der Waals surface area contributed by atoms with E-state index in [9.17, 15) is 5.11 Å². The molecule has 0 atom stereocenters. The van der Waals surface area contributed by atoms with E-state index in [1.54, 1.807) is 6.07 Å². The van der Waals surface area contributed by atoms with Crippen LogP contribution in [0.3, 0.4) is 0 Å². The Morgan fingerprint density at radius 2 is 1.42 bits per heavy atom. The summed E-state index contributed by atoms with van der Waals surface area (Å²) < 4.78 is 12.0. The number of aromatic hydroxyl groups is 1. The lowest BCUT2D eigenvalue weighted by atomic mass is 10.1. The summed E-state index contributed by atoms with van der Waals surface area (Å²) in [7, 11) is 0.